The highest BCUT2D eigenvalue weighted by Gasteiger charge is 2.55. The van der Waals surface area contributed by atoms with Crippen LogP contribution in [0.2, 0.25) is 0 Å². The van der Waals surface area contributed by atoms with Crippen LogP contribution in [0, 0.1) is 17.8 Å². The maximum absolute atomic E-state index is 12.9. The molecule has 0 aromatic rings. The molecule has 3 N–H and O–H groups in total. The summed E-state index contributed by atoms with van der Waals surface area (Å²) in [5.74, 6) is -0.144. The van der Waals surface area contributed by atoms with Gasteiger partial charge in [0.2, 0.25) is 5.91 Å². The highest BCUT2D eigenvalue weighted by molar-refractivity contribution is 5.89. The molecule has 2 aliphatic carbocycles. The Balaban J connectivity index is 1.85. The van der Waals surface area contributed by atoms with Gasteiger partial charge in [-0.05, 0) is 50.4 Å². The Labute approximate surface area is 119 Å². The van der Waals surface area contributed by atoms with Crippen LogP contribution < -0.4 is 5.73 Å². The van der Waals surface area contributed by atoms with Crippen LogP contribution in [0.5, 0.6) is 0 Å². The molecule has 3 aliphatic rings. The largest absolute Gasteiger partial charge is 0.479 e. The van der Waals surface area contributed by atoms with Crippen LogP contribution in [-0.4, -0.2) is 40.0 Å². The number of hydrogen-bond acceptors (Lipinski definition) is 3. The van der Waals surface area contributed by atoms with E-state index in [0.717, 1.165) is 25.7 Å². The first-order chi connectivity index (χ1) is 9.51. The van der Waals surface area contributed by atoms with Crippen molar-refractivity contribution in [2.75, 3.05) is 6.54 Å². The number of carboxylic acid groups (broad SMARTS) is 1. The van der Waals surface area contributed by atoms with Gasteiger partial charge in [0.05, 0.1) is 5.92 Å². The van der Waals surface area contributed by atoms with Gasteiger partial charge < -0.3 is 15.7 Å². The fourth-order valence-electron chi connectivity index (χ4n) is 4.82. The van der Waals surface area contributed by atoms with Crippen molar-refractivity contribution in [3.05, 3.63) is 0 Å². The number of carbonyl (C=O) groups excluding carboxylic acids is 1. The molecular weight excluding hydrogens is 256 g/mol. The molecule has 3 fully saturated rings. The van der Waals surface area contributed by atoms with Gasteiger partial charge >= 0.3 is 5.97 Å². The van der Waals surface area contributed by atoms with Gasteiger partial charge in [-0.25, -0.2) is 4.79 Å². The second-order valence-corrected chi connectivity index (χ2v) is 6.72. The highest BCUT2D eigenvalue weighted by atomic mass is 16.4. The summed E-state index contributed by atoms with van der Waals surface area (Å²) in [6.45, 7) is 2.43. The smallest absolute Gasteiger partial charge is 0.329 e. The first-order valence-corrected chi connectivity index (χ1v) is 7.81. The molecule has 112 valence electrons. The molecule has 1 saturated heterocycles. The predicted octanol–water partition coefficient (Wildman–Crippen LogP) is 1.22. The van der Waals surface area contributed by atoms with Crippen LogP contribution in [-0.2, 0) is 9.59 Å². The summed E-state index contributed by atoms with van der Waals surface area (Å²) in [6.07, 6.45) is 5.09. The van der Waals surface area contributed by atoms with Crippen LogP contribution in [0.3, 0.4) is 0 Å². The van der Waals surface area contributed by atoms with Crippen LogP contribution in [0.15, 0.2) is 0 Å². The standard InChI is InChI=1S/C15H24N2O3/c1-2-15(14(19)20)6-3-7-17(15)13(18)11-9-4-5-10(8-9)12(11)16/h9-12H,2-8,16H2,1H3,(H,19,20). The summed E-state index contributed by atoms with van der Waals surface area (Å²) in [7, 11) is 0. The summed E-state index contributed by atoms with van der Waals surface area (Å²) in [6, 6.07) is -0.0646. The zero-order valence-electron chi connectivity index (χ0n) is 12.0. The number of rotatable bonds is 3. The van der Waals surface area contributed by atoms with E-state index in [-0.39, 0.29) is 17.9 Å². The molecule has 0 aromatic carbocycles. The Morgan fingerprint density at radius 1 is 1.35 bits per heavy atom. The molecule has 5 heteroatoms. The third-order valence-electron chi connectivity index (χ3n) is 6.00. The monoisotopic (exact) mass is 280 g/mol. The summed E-state index contributed by atoms with van der Waals surface area (Å²) in [4.78, 5) is 26.2. The van der Waals surface area contributed by atoms with Crippen LogP contribution >= 0.6 is 0 Å². The van der Waals surface area contributed by atoms with Crippen molar-refractivity contribution in [3.63, 3.8) is 0 Å². The molecule has 5 unspecified atom stereocenters. The lowest BCUT2D eigenvalue weighted by Gasteiger charge is -2.38. The molecule has 0 spiro atoms. The molecule has 1 heterocycles. The van der Waals surface area contributed by atoms with Crippen LogP contribution in [0.1, 0.15) is 45.4 Å². The lowest BCUT2D eigenvalue weighted by molar-refractivity contribution is -0.159. The van der Waals surface area contributed by atoms with Gasteiger partial charge in [0.15, 0.2) is 0 Å². The van der Waals surface area contributed by atoms with Crippen molar-refractivity contribution in [2.45, 2.75) is 57.0 Å². The molecule has 2 bridgehead atoms. The van der Waals surface area contributed by atoms with E-state index in [9.17, 15) is 14.7 Å². The van der Waals surface area contributed by atoms with Gasteiger partial charge in [0, 0.05) is 12.6 Å². The minimum atomic E-state index is -0.987. The Morgan fingerprint density at radius 3 is 2.60 bits per heavy atom. The number of nitrogens with zero attached hydrogens (tertiary/aromatic N) is 1. The van der Waals surface area contributed by atoms with Crippen molar-refractivity contribution >= 4 is 11.9 Å². The molecule has 2 saturated carbocycles. The third-order valence-corrected chi connectivity index (χ3v) is 6.00. The molecule has 1 aliphatic heterocycles. The third kappa shape index (κ3) is 1.72. The molecular formula is C15H24N2O3. The quantitative estimate of drug-likeness (QED) is 0.814. The average molecular weight is 280 g/mol. The van der Waals surface area contributed by atoms with Crippen molar-refractivity contribution in [2.24, 2.45) is 23.5 Å². The Morgan fingerprint density at radius 2 is 2.05 bits per heavy atom. The molecule has 3 rings (SSSR count). The second-order valence-electron chi connectivity index (χ2n) is 6.72. The van der Waals surface area contributed by atoms with E-state index in [1.807, 2.05) is 6.92 Å². The van der Waals surface area contributed by atoms with Crippen LogP contribution in [0.4, 0.5) is 0 Å². The van der Waals surface area contributed by atoms with E-state index in [0.29, 0.717) is 31.2 Å². The Bertz CT molecular complexity index is 437. The minimum absolute atomic E-state index is 0.00597. The SMILES string of the molecule is CCC1(C(=O)O)CCCN1C(=O)C1C2CCC(C2)C1N. The topological polar surface area (TPSA) is 83.6 Å². The van der Waals surface area contributed by atoms with Crippen molar-refractivity contribution in [3.8, 4) is 0 Å². The second kappa shape index (κ2) is 4.72. The zero-order chi connectivity index (χ0) is 14.5. The van der Waals surface area contributed by atoms with Gasteiger partial charge in [0.25, 0.3) is 0 Å². The summed E-state index contributed by atoms with van der Waals surface area (Å²) in [5, 5.41) is 9.60. The fourth-order valence-corrected chi connectivity index (χ4v) is 4.82. The molecule has 5 atom stereocenters. The Hall–Kier alpha value is -1.10. The Kier molecular flexibility index (Phi) is 3.27. The minimum Gasteiger partial charge on any atom is -0.479 e. The number of hydrogen-bond donors (Lipinski definition) is 2. The highest BCUT2D eigenvalue weighted by Crippen LogP contribution is 2.49. The lowest BCUT2D eigenvalue weighted by atomic mass is 9.82. The van der Waals surface area contributed by atoms with Crippen molar-refractivity contribution in [1.29, 1.82) is 0 Å². The number of aliphatic carboxylic acids is 1. The fraction of sp³-hybridized carbons (Fsp3) is 0.867. The maximum atomic E-state index is 12.9. The number of nitrogens with two attached hydrogens (primary N) is 1. The normalized spacial score (nSPS) is 43.2. The number of carboxylic acids is 1. The molecule has 5 nitrogen and oxygen atoms in total. The number of carbonyl (C=O) groups is 2. The molecule has 1 amide bonds. The number of amides is 1. The van der Waals surface area contributed by atoms with Gasteiger partial charge in [0.1, 0.15) is 5.54 Å². The van der Waals surface area contributed by atoms with Gasteiger partial charge in [-0.15, -0.1) is 0 Å². The summed E-state index contributed by atoms with van der Waals surface area (Å²) in [5.41, 5.74) is 5.26. The maximum Gasteiger partial charge on any atom is 0.329 e. The van der Waals surface area contributed by atoms with E-state index in [4.69, 9.17) is 5.73 Å². The van der Waals surface area contributed by atoms with E-state index < -0.39 is 11.5 Å². The zero-order valence-corrected chi connectivity index (χ0v) is 12.0. The predicted molar refractivity (Wildman–Crippen MR) is 73.9 cm³/mol. The summed E-state index contributed by atoms with van der Waals surface area (Å²) < 4.78 is 0. The molecule has 20 heavy (non-hydrogen) atoms. The first-order valence-electron chi connectivity index (χ1n) is 7.81. The molecule has 0 radical (unpaired) electrons. The lowest BCUT2D eigenvalue weighted by Crippen LogP contribution is -2.57. The van der Waals surface area contributed by atoms with E-state index >= 15 is 0 Å². The van der Waals surface area contributed by atoms with Gasteiger partial charge in [-0.1, -0.05) is 6.92 Å². The van der Waals surface area contributed by atoms with E-state index in [1.165, 1.54) is 0 Å². The van der Waals surface area contributed by atoms with E-state index in [1.54, 1.807) is 4.90 Å². The van der Waals surface area contributed by atoms with Crippen molar-refractivity contribution in [1.82, 2.24) is 4.90 Å². The average Bonchev–Trinajstić information content (AvgIpc) is 3.11. The van der Waals surface area contributed by atoms with E-state index in [2.05, 4.69) is 0 Å². The molecule has 0 aromatic heterocycles. The van der Waals surface area contributed by atoms with Gasteiger partial charge in [-0.3, -0.25) is 4.79 Å². The number of likely N-dealkylation sites (tertiary alicyclic amines) is 1. The number of fused-ring (bicyclic) bond motifs is 2. The van der Waals surface area contributed by atoms with Gasteiger partial charge in [-0.2, -0.15) is 0 Å². The summed E-state index contributed by atoms with van der Waals surface area (Å²) >= 11 is 0. The van der Waals surface area contributed by atoms with Crippen molar-refractivity contribution < 1.29 is 14.7 Å². The first kappa shape index (κ1) is 13.9. The van der Waals surface area contributed by atoms with Crippen LogP contribution in [0.25, 0.3) is 0 Å².